The molecular weight excluding hydrogens is 294 g/mol. The third kappa shape index (κ3) is 4.76. The SMILES string of the molecule is O=C(CCc1cc(Cl)cs1)NC1CCCCCC1CO. The Balaban J connectivity index is 1.80. The summed E-state index contributed by atoms with van der Waals surface area (Å²) in [4.78, 5) is 13.2. The van der Waals surface area contributed by atoms with Crippen molar-refractivity contribution in [1.82, 2.24) is 5.32 Å². The largest absolute Gasteiger partial charge is 0.396 e. The average Bonchev–Trinajstić information content (AvgIpc) is 2.72. The van der Waals surface area contributed by atoms with Crippen LogP contribution < -0.4 is 5.32 Å². The Morgan fingerprint density at radius 3 is 2.90 bits per heavy atom. The molecule has 0 aromatic carbocycles. The van der Waals surface area contributed by atoms with Gasteiger partial charge in [0.2, 0.25) is 5.91 Å². The minimum atomic E-state index is 0.0832. The number of rotatable bonds is 5. The molecule has 0 bridgehead atoms. The minimum absolute atomic E-state index is 0.0832. The van der Waals surface area contributed by atoms with Gasteiger partial charge in [-0.15, -0.1) is 11.3 Å². The summed E-state index contributed by atoms with van der Waals surface area (Å²) in [5.41, 5.74) is 0. The lowest BCUT2D eigenvalue weighted by Gasteiger charge is -2.24. The third-order valence-corrected chi connectivity index (χ3v) is 5.30. The molecular formula is C15H22ClNO2S. The van der Waals surface area contributed by atoms with Crippen LogP contribution in [0.2, 0.25) is 5.02 Å². The maximum Gasteiger partial charge on any atom is 0.220 e. The number of aryl methyl sites for hydroxylation is 1. The molecule has 1 aromatic heterocycles. The van der Waals surface area contributed by atoms with Crippen LogP contribution in [0.1, 0.15) is 43.4 Å². The first kappa shape index (κ1) is 15.8. The Morgan fingerprint density at radius 1 is 1.40 bits per heavy atom. The van der Waals surface area contributed by atoms with Gasteiger partial charge in [-0.3, -0.25) is 4.79 Å². The fourth-order valence-electron chi connectivity index (χ4n) is 2.79. The molecule has 0 saturated heterocycles. The molecule has 1 saturated carbocycles. The third-order valence-electron chi connectivity index (χ3n) is 3.96. The van der Waals surface area contributed by atoms with Crippen LogP contribution in [0.15, 0.2) is 11.4 Å². The molecule has 2 atom stereocenters. The lowest BCUT2D eigenvalue weighted by molar-refractivity contribution is -0.122. The van der Waals surface area contributed by atoms with E-state index in [1.807, 2.05) is 11.4 Å². The zero-order valence-electron chi connectivity index (χ0n) is 11.6. The first-order valence-electron chi connectivity index (χ1n) is 7.32. The highest BCUT2D eigenvalue weighted by Gasteiger charge is 2.24. The van der Waals surface area contributed by atoms with E-state index >= 15 is 0 Å². The zero-order chi connectivity index (χ0) is 14.4. The quantitative estimate of drug-likeness (QED) is 0.818. The van der Waals surface area contributed by atoms with Crippen LogP contribution in [0, 0.1) is 5.92 Å². The van der Waals surface area contributed by atoms with Crippen molar-refractivity contribution in [2.75, 3.05) is 6.61 Å². The van der Waals surface area contributed by atoms with Gasteiger partial charge in [0.1, 0.15) is 0 Å². The van der Waals surface area contributed by atoms with Crippen LogP contribution in [-0.4, -0.2) is 23.7 Å². The van der Waals surface area contributed by atoms with Crippen LogP contribution in [0.4, 0.5) is 0 Å². The number of carbonyl (C=O) groups excluding carboxylic acids is 1. The number of carbonyl (C=O) groups is 1. The lowest BCUT2D eigenvalue weighted by Crippen LogP contribution is -2.41. The fraction of sp³-hybridized carbons (Fsp3) is 0.667. The van der Waals surface area contributed by atoms with Crippen LogP contribution >= 0.6 is 22.9 Å². The van der Waals surface area contributed by atoms with Crippen molar-refractivity contribution in [3.8, 4) is 0 Å². The molecule has 3 nitrogen and oxygen atoms in total. The molecule has 112 valence electrons. The molecule has 0 radical (unpaired) electrons. The van der Waals surface area contributed by atoms with E-state index in [1.165, 1.54) is 6.42 Å². The molecule has 2 N–H and O–H groups in total. The number of aliphatic hydroxyl groups is 1. The predicted molar refractivity (Wildman–Crippen MR) is 83.2 cm³/mol. The predicted octanol–water partition coefficient (Wildman–Crippen LogP) is 3.39. The number of hydrogen-bond donors (Lipinski definition) is 2. The van der Waals surface area contributed by atoms with Crippen molar-refractivity contribution in [2.24, 2.45) is 5.92 Å². The second-order valence-electron chi connectivity index (χ2n) is 5.49. The van der Waals surface area contributed by atoms with Gasteiger partial charge >= 0.3 is 0 Å². The van der Waals surface area contributed by atoms with Crippen LogP contribution in [-0.2, 0) is 11.2 Å². The first-order valence-corrected chi connectivity index (χ1v) is 8.58. The summed E-state index contributed by atoms with van der Waals surface area (Å²) < 4.78 is 0. The van der Waals surface area contributed by atoms with Gasteiger partial charge in [-0.2, -0.15) is 0 Å². The van der Waals surface area contributed by atoms with Gasteiger partial charge in [0, 0.05) is 35.2 Å². The van der Waals surface area contributed by atoms with E-state index in [9.17, 15) is 9.90 Å². The van der Waals surface area contributed by atoms with Gasteiger partial charge in [-0.1, -0.05) is 30.9 Å². The monoisotopic (exact) mass is 315 g/mol. The highest BCUT2D eigenvalue weighted by Crippen LogP contribution is 2.24. The normalized spacial score (nSPS) is 23.3. The molecule has 2 unspecified atom stereocenters. The van der Waals surface area contributed by atoms with E-state index in [1.54, 1.807) is 11.3 Å². The molecule has 1 aliphatic rings. The number of hydrogen-bond acceptors (Lipinski definition) is 3. The smallest absolute Gasteiger partial charge is 0.220 e. The van der Waals surface area contributed by atoms with Gasteiger partial charge in [-0.05, 0) is 25.3 Å². The van der Waals surface area contributed by atoms with E-state index in [0.29, 0.717) is 6.42 Å². The summed E-state index contributed by atoms with van der Waals surface area (Å²) in [5, 5.41) is 15.2. The highest BCUT2D eigenvalue weighted by molar-refractivity contribution is 7.10. The van der Waals surface area contributed by atoms with E-state index in [-0.39, 0.29) is 24.5 Å². The van der Waals surface area contributed by atoms with Gasteiger partial charge in [0.25, 0.3) is 0 Å². The lowest BCUT2D eigenvalue weighted by atomic mass is 9.95. The Labute approximate surface area is 129 Å². The summed E-state index contributed by atoms with van der Waals surface area (Å²) in [5.74, 6) is 0.303. The molecule has 1 aliphatic carbocycles. The Bertz CT molecular complexity index is 435. The highest BCUT2D eigenvalue weighted by atomic mass is 35.5. The molecule has 1 aromatic rings. The van der Waals surface area contributed by atoms with Crippen molar-refractivity contribution < 1.29 is 9.90 Å². The second-order valence-corrected chi connectivity index (χ2v) is 6.92. The number of halogens is 1. The van der Waals surface area contributed by atoms with Crippen molar-refractivity contribution in [3.05, 3.63) is 21.3 Å². The standard InChI is InChI=1S/C15H22ClNO2S/c16-12-8-13(20-10-12)6-7-15(19)17-14-5-3-1-2-4-11(14)9-18/h8,10-11,14,18H,1-7,9H2,(H,17,19). The summed E-state index contributed by atoms with van der Waals surface area (Å²) in [6.45, 7) is 0.172. The summed E-state index contributed by atoms with van der Waals surface area (Å²) in [6.07, 6.45) is 6.73. The zero-order valence-corrected chi connectivity index (χ0v) is 13.2. The fourth-order valence-corrected chi connectivity index (χ4v) is 3.87. The Hall–Kier alpha value is -0.580. The van der Waals surface area contributed by atoms with Gasteiger partial charge < -0.3 is 10.4 Å². The van der Waals surface area contributed by atoms with Crippen molar-refractivity contribution in [1.29, 1.82) is 0 Å². The number of amides is 1. The first-order chi connectivity index (χ1) is 9.69. The van der Waals surface area contributed by atoms with E-state index in [0.717, 1.165) is 42.0 Å². The van der Waals surface area contributed by atoms with Crippen molar-refractivity contribution in [2.45, 2.75) is 51.0 Å². The van der Waals surface area contributed by atoms with E-state index < -0.39 is 0 Å². The van der Waals surface area contributed by atoms with Crippen LogP contribution in [0.5, 0.6) is 0 Å². The molecule has 1 fully saturated rings. The Morgan fingerprint density at radius 2 is 2.20 bits per heavy atom. The molecule has 20 heavy (non-hydrogen) atoms. The number of thiophene rings is 1. The molecule has 0 spiro atoms. The topological polar surface area (TPSA) is 49.3 Å². The molecule has 2 rings (SSSR count). The van der Waals surface area contributed by atoms with Gasteiger partial charge in [0.15, 0.2) is 0 Å². The number of aliphatic hydroxyl groups excluding tert-OH is 1. The molecule has 0 aliphatic heterocycles. The molecule has 5 heteroatoms. The molecule has 1 heterocycles. The van der Waals surface area contributed by atoms with Crippen LogP contribution in [0.25, 0.3) is 0 Å². The summed E-state index contributed by atoms with van der Waals surface area (Å²) in [7, 11) is 0. The van der Waals surface area contributed by atoms with E-state index in [4.69, 9.17) is 11.6 Å². The van der Waals surface area contributed by atoms with Crippen molar-refractivity contribution in [3.63, 3.8) is 0 Å². The van der Waals surface area contributed by atoms with Gasteiger partial charge in [0.05, 0.1) is 5.02 Å². The maximum atomic E-state index is 12.0. The summed E-state index contributed by atoms with van der Waals surface area (Å²) in [6, 6.07) is 2.06. The maximum absolute atomic E-state index is 12.0. The van der Waals surface area contributed by atoms with Crippen molar-refractivity contribution >= 4 is 28.8 Å². The molecule has 1 amide bonds. The second kappa shape index (κ2) is 8.01. The van der Waals surface area contributed by atoms with E-state index in [2.05, 4.69) is 5.32 Å². The summed E-state index contributed by atoms with van der Waals surface area (Å²) >= 11 is 7.46. The van der Waals surface area contributed by atoms with Crippen LogP contribution in [0.3, 0.4) is 0 Å². The van der Waals surface area contributed by atoms with Gasteiger partial charge in [-0.25, -0.2) is 0 Å². The minimum Gasteiger partial charge on any atom is -0.396 e. The Kier molecular flexibility index (Phi) is 6.33. The average molecular weight is 316 g/mol. The number of nitrogens with one attached hydrogen (secondary N) is 1.